The van der Waals surface area contributed by atoms with E-state index in [2.05, 4.69) is 36.5 Å². The maximum absolute atomic E-state index is 12.0. The minimum atomic E-state index is -0.729. The zero-order valence-corrected chi connectivity index (χ0v) is 17.8. The number of carboxylic acid groups (broad SMARTS) is 1. The van der Waals surface area contributed by atoms with Crippen LogP contribution in [-0.2, 0) is 23.1 Å². The lowest BCUT2D eigenvalue weighted by Crippen LogP contribution is -2.32. The standard InChI is InChI=1S/C26H27N3O2/c1-17-7-9-18(10-8-17)23-28-22-6-4-5-21(22)24(29-23)27-20-13-11-19(12-14-20)26(25(30)31)15-2-3-16-26/h7-14H,2-6,15-16H2,1H3,(H,30,31)(H,27,28,29). The van der Waals surface area contributed by atoms with Crippen molar-refractivity contribution in [2.24, 2.45) is 0 Å². The molecule has 0 atom stereocenters. The molecular weight excluding hydrogens is 386 g/mol. The quantitative estimate of drug-likeness (QED) is 0.571. The minimum Gasteiger partial charge on any atom is -0.481 e. The van der Waals surface area contributed by atoms with Crippen LogP contribution in [0.15, 0.2) is 48.5 Å². The van der Waals surface area contributed by atoms with Gasteiger partial charge in [-0.3, -0.25) is 4.79 Å². The Bertz CT molecular complexity index is 1110. The van der Waals surface area contributed by atoms with Gasteiger partial charge < -0.3 is 10.4 Å². The van der Waals surface area contributed by atoms with E-state index in [0.29, 0.717) is 12.8 Å². The van der Waals surface area contributed by atoms with Gasteiger partial charge in [-0.15, -0.1) is 0 Å². The van der Waals surface area contributed by atoms with Crippen LogP contribution in [0.3, 0.4) is 0 Å². The number of aromatic nitrogens is 2. The second-order valence-corrected chi connectivity index (χ2v) is 8.84. The van der Waals surface area contributed by atoms with E-state index < -0.39 is 11.4 Å². The van der Waals surface area contributed by atoms with Gasteiger partial charge in [-0.25, -0.2) is 9.97 Å². The Hall–Kier alpha value is -3.21. The molecule has 0 bridgehead atoms. The highest BCUT2D eigenvalue weighted by Crippen LogP contribution is 2.42. The van der Waals surface area contributed by atoms with Crippen LogP contribution in [0.4, 0.5) is 11.5 Å². The van der Waals surface area contributed by atoms with Gasteiger partial charge >= 0.3 is 5.97 Å². The average molecular weight is 414 g/mol. The first kappa shape index (κ1) is 19.7. The summed E-state index contributed by atoms with van der Waals surface area (Å²) in [7, 11) is 0. The third kappa shape index (κ3) is 3.58. The van der Waals surface area contributed by atoms with Crippen LogP contribution in [0.1, 0.15) is 54.5 Å². The number of fused-ring (bicyclic) bond motifs is 1. The minimum absolute atomic E-state index is 0.706. The fourth-order valence-electron chi connectivity index (χ4n) is 4.98. The van der Waals surface area contributed by atoms with E-state index in [4.69, 9.17) is 9.97 Å². The maximum atomic E-state index is 12.0. The first-order valence-corrected chi connectivity index (χ1v) is 11.1. The summed E-state index contributed by atoms with van der Waals surface area (Å²) >= 11 is 0. The van der Waals surface area contributed by atoms with Crippen LogP contribution in [0.5, 0.6) is 0 Å². The molecule has 0 amide bonds. The van der Waals surface area contributed by atoms with Gasteiger partial charge in [0.15, 0.2) is 5.82 Å². The number of anilines is 2. The zero-order valence-electron chi connectivity index (χ0n) is 17.8. The number of carbonyl (C=O) groups is 1. The van der Waals surface area contributed by atoms with Crippen LogP contribution in [0, 0.1) is 6.92 Å². The lowest BCUT2D eigenvalue weighted by molar-refractivity contribution is -0.143. The Balaban J connectivity index is 1.46. The Labute approximate surface area is 182 Å². The number of nitrogens with one attached hydrogen (secondary N) is 1. The predicted octanol–water partition coefficient (Wildman–Crippen LogP) is 5.58. The number of carboxylic acids is 1. The smallest absolute Gasteiger partial charge is 0.314 e. The van der Waals surface area contributed by atoms with Crippen molar-refractivity contribution < 1.29 is 9.90 Å². The van der Waals surface area contributed by atoms with Crippen molar-refractivity contribution in [2.75, 3.05) is 5.32 Å². The van der Waals surface area contributed by atoms with Crippen molar-refractivity contribution in [3.63, 3.8) is 0 Å². The normalized spacial score (nSPS) is 16.8. The molecule has 1 fully saturated rings. The van der Waals surface area contributed by atoms with E-state index in [1.165, 1.54) is 11.1 Å². The molecule has 0 unspecified atom stereocenters. The molecule has 31 heavy (non-hydrogen) atoms. The molecule has 0 saturated heterocycles. The second-order valence-electron chi connectivity index (χ2n) is 8.84. The summed E-state index contributed by atoms with van der Waals surface area (Å²) in [5.74, 6) is 0.900. The Kier molecular flexibility index (Phi) is 4.97. The molecule has 2 aliphatic rings. The summed E-state index contributed by atoms with van der Waals surface area (Å²) in [6.45, 7) is 2.07. The van der Waals surface area contributed by atoms with Crippen LogP contribution >= 0.6 is 0 Å². The van der Waals surface area contributed by atoms with Crippen molar-refractivity contribution in [2.45, 2.75) is 57.3 Å². The van der Waals surface area contributed by atoms with Gasteiger partial charge in [-0.2, -0.15) is 0 Å². The molecule has 5 heteroatoms. The Morgan fingerprint density at radius 1 is 0.935 bits per heavy atom. The monoisotopic (exact) mass is 413 g/mol. The molecule has 1 aromatic heterocycles. The molecule has 5 nitrogen and oxygen atoms in total. The lowest BCUT2D eigenvalue weighted by atomic mass is 9.79. The van der Waals surface area contributed by atoms with Gasteiger partial charge in [0.25, 0.3) is 0 Å². The predicted molar refractivity (Wildman–Crippen MR) is 122 cm³/mol. The maximum Gasteiger partial charge on any atom is 0.314 e. The highest BCUT2D eigenvalue weighted by Gasteiger charge is 2.42. The van der Waals surface area contributed by atoms with E-state index in [-0.39, 0.29) is 0 Å². The number of rotatable bonds is 5. The summed E-state index contributed by atoms with van der Waals surface area (Å²) in [4.78, 5) is 21.7. The van der Waals surface area contributed by atoms with Gasteiger partial charge in [0.2, 0.25) is 0 Å². The molecule has 0 aliphatic heterocycles. The number of nitrogens with zero attached hydrogens (tertiary/aromatic N) is 2. The van der Waals surface area contributed by atoms with Crippen LogP contribution in [-0.4, -0.2) is 21.0 Å². The summed E-state index contributed by atoms with van der Waals surface area (Å²) < 4.78 is 0. The summed E-state index contributed by atoms with van der Waals surface area (Å²) in [5.41, 5.74) is 5.64. The molecule has 1 saturated carbocycles. The molecule has 3 aromatic rings. The van der Waals surface area contributed by atoms with Crippen LogP contribution < -0.4 is 5.32 Å². The van der Waals surface area contributed by atoms with Crippen molar-refractivity contribution in [3.05, 3.63) is 70.9 Å². The topological polar surface area (TPSA) is 75.1 Å². The zero-order chi connectivity index (χ0) is 21.4. The van der Waals surface area contributed by atoms with E-state index in [1.54, 1.807) is 0 Å². The van der Waals surface area contributed by atoms with E-state index >= 15 is 0 Å². The Morgan fingerprint density at radius 2 is 1.65 bits per heavy atom. The van der Waals surface area contributed by atoms with Crippen molar-refractivity contribution in [3.8, 4) is 11.4 Å². The average Bonchev–Trinajstić information content (AvgIpc) is 3.45. The third-order valence-corrected chi connectivity index (χ3v) is 6.81. The lowest BCUT2D eigenvalue weighted by Gasteiger charge is -2.24. The molecule has 2 aliphatic carbocycles. The SMILES string of the molecule is Cc1ccc(-c2nc3c(c(Nc4ccc(C5(C(=O)O)CCCC5)cc4)n2)CCC3)cc1. The number of hydrogen-bond acceptors (Lipinski definition) is 4. The molecule has 1 heterocycles. The molecule has 0 radical (unpaired) electrons. The van der Waals surface area contributed by atoms with Gasteiger partial charge in [0.1, 0.15) is 5.82 Å². The molecule has 0 spiro atoms. The molecule has 5 rings (SSSR count). The fourth-order valence-corrected chi connectivity index (χ4v) is 4.98. The number of hydrogen-bond donors (Lipinski definition) is 2. The van der Waals surface area contributed by atoms with Gasteiger partial charge in [-0.1, -0.05) is 54.8 Å². The van der Waals surface area contributed by atoms with Gasteiger partial charge in [0, 0.05) is 22.5 Å². The molecule has 2 aromatic carbocycles. The number of aliphatic carboxylic acids is 1. The van der Waals surface area contributed by atoms with E-state index in [9.17, 15) is 9.90 Å². The number of aryl methyl sites for hydroxylation is 2. The fraction of sp³-hybridized carbons (Fsp3) is 0.346. The molecular formula is C26H27N3O2. The van der Waals surface area contributed by atoms with Crippen molar-refractivity contribution >= 4 is 17.5 Å². The largest absolute Gasteiger partial charge is 0.481 e. The Morgan fingerprint density at radius 3 is 2.32 bits per heavy atom. The van der Waals surface area contributed by atoms with Crippen molar-refractivity contribution in [1.29, 1.82) is 0 Å². The van der Waals surface area contributed by atoms with E-state index in [1.807, 2.05) is 24.3 Å². The third-order valence-electron chi connectivity index (χ3n) is 6.81. The van der Waals surface area contributed by atoms with Gasteiger partial charge in [-0.05, 0) is 56.7 Å². The van der Waals surface area contributed by atoms with Crippen molar-refractivity contribution in [1.82, 2.24) is 9.97 Å². The summed E-state index contributed by atoms with van der Waals surface area (Å²) in [5, 5.41) is 13.3. The molecule has 2 N–H and O–H groups in total. The second kappa shape index (κ2) is 7.80. The summed E-state index contributed by atoms with van der Waals surface area (Å²) in [6, 6.07) is 16.2. The number of benzene rings is 2. The van der Waals surface area contributed by atoms with Crippen LogP contribution in [0.25, 0.3) is 11.4 Å². The van der Waals surface area contributed by atoms with Gasteiger partial charge in [0.05, 0.1) is 5.41 Å². The van der Waals surface area contributed by atoms with E-state index in [0.717, 1.165) is 66.3 Å². The summed E-state index contributed by atoms with van der Waals surface area (Å²) in [6.07, 6.45) is 6.43. The molecule has 158 valence electrons. The highest BCUT2D eigenvalue weighted by molar-refractivity contribution is 5.82. The first-order chi connectivity index (χ1) is 15.0. The highest BCUT2D eigenvalue weighted by atomic mass is 16.4. The van der Waals surface area contributed by atoms with Crippen LogP contribution in [0.2, 0.25) is 0 Å². The first-order valence-electron chi connectivity index (χ1n) is 11.1.